The van der Waals surface area contributed by atoms with Crippen LogP contribution >= 0.6 is 0 Å². The van der Waals surface area contributed by atoms with Crippen LogP contribution < -0.4 is 0 Å². The number of carbonyl (C=O) groups is 2. The average molecular weight is 609 g/mol. The molecule has 242 valence electrons. The Morgan fingerprint density at radius 2 is 1.30 bits per heavy atom. The Bertz CT molecular complexity index is 981. The van der Waals surface area contributed by atoms with Crippen LogP contribution in [0.25, 0.3) is 0 Å². The van der Waals surface area contributed by atoms with E-state index >= 15 is 0 Å². The van der Waals surface area contributed by atoms with Crippen molar-refractivity contribution in [3.63, 3.8) is 0 Å². The zero-order valence-corrected chi connectivity index (χ0v) is 26.3. The standard InChI is InChI=1S/C35H51F3O5/c1-4-5-6-7-8-9-10-11-12-13-14-15-16-17-18-19-20-21-22-26-29-31(32(39)41-2)43-33(40)34(42-3,35(36,37)38)30-27-24-23-25-28-30/h9-10,23-25,27-28,31H,4-8,11-22H2,1-3H3/b10-9-/t31-,34-/m1/s1. The molecule has 0 N–H and O–H groups in total. The molecule has 1 rings (SSSR count). The lowest BCUT2D eigenvalue weighted by Crippen LogP contribution is -2.53. The minimum atomic E-state index is -5.15. The Morgan fingerprint density at radius 1 is 0.791 bits per heavy atom. The third-order valence-corrected chi connectivity index (χ3v) is 7.36. The smallest absolute Gasteiger partial charge is 0.432 e. The summed E-state index contributed by atoms with van der Waals surface area (Å²) in [7, 11) is 1.81. The van der Waals surface area contributed by atoms with E-state index in [-0.39, 0.29) is 0 Å². The van der Waals surface area contributed by atoms with E-state index in [4.69, 9.17) is 9.47 Å². The number of esters is 2. The zero-order valence-electron chi connectivity index (χ0n) is 26.3. The van der Waals surface area contributed by atoms with Crippen LogP contribution in [0.2, 0.25) is 0 Å². The number of alkyl halides is 3. The molecule has 0 radical (unpaired) electrons. The Hall–Kier alpha value is -2.79. The summed E-state index contributed by atoms with van der Waals surface area (Å²) in [6.45, 7) is 2.24. The maximum absolute atomic E-state index is 14.1. The molecule has 8 heteroatoms. The lowest BCUT2D eigenvalue weighted by atomic mass is 9.92. The van der Waals surface area contributed by atoms with Gasteiger partial charge in [-0.25, -0.2) is 9.59 Å². The molecular weight excluding hydrogens is 557 g/mol. The monoisotopic (exact) mass is 608 g/mol. The van der Waals surface area contributed by atoms with Crippen LogP contribution in [0.15, 0.2) is 42.5 Å². The Kier molecular flexibility index (Phi) is 20.2. The fraction of sp³-hybridized carbons (Fsp3) is 0.657. The van der Waals surface area contributed by atoms with Crippen molar-refractivity contribution in [2.45, 2.75) is 134 Å². The van der Waals surface area contributed by atoms with Gasteiger partial charge >= 0.3 is 18.1 Å². The molecule has 0 aromatic heterocycles. The molecule has 0 amide bonds. The van der Waals surface area contributed by atoms with Crippen molar-refractivity contribution in [3.8, 4) is 11.8 Å². The van der Waals surface area contributed by atoms with E-state index in [9.17, 15) is 22.8 Å². The highest BCUT2D eigenvalue weighted by atomic mass is 19.4. The number of methoxy groups -OCH3 is 2. The van der Waals surface area contributed by atoms with Crippen molar-refractivity contribution >= 4 is 11.9 Å². The molecule has 0 saturated heterocycles. The molecule has 0 aliphatic carbocycles. The van der Waals surface area contributed by atoms with E-state index in [2.05, 4.69) is 35.7 Å². The molecule has 0 heterocycles. The number of carbonyl (C=O) groups excluding carboxylic acids is 2. The molecule has 5 nitrogen and oxygen atoms in total. The first-order valence-electron chi connectivity index (χ1n) is 15.8. The number of ether oxygens (including phenoxy) is 3. The van der Waals surface area contributed by atoms with Gasteiger partial charge in [0.25, 0.3) is 11.7 Å². The molecule has 1 aromatic rings. The second kappa shape index (κ2) is 22.7. The van der Waals surface area contributed by atoms with Gasteiger partial charge in [0, 0.05) is 19.1 Å². The summed E-state index contributed by atoms with van der Waals surface area (Å²) < 4.78 is 56.6. The van der Waals surface area contributed by atoms with Crippen molar-refractivity contribution in [1.82, 2.24) is 0 Å². The quantitative estimate of drug-likeness (QED) is 0.0568. The minimum Gasteiger partial charge on any atom is -0.466 e. The van der Waals surface area contributed by atoms with Gasteiger partial charge in [-0.15, -0.1) is 0 Å². The average Bonchev–Trinajstić information content (AvgIpc) is 2.99. The van der Waals surface area contributed by atoms with Crippen LogP contribution in [0.1, 0.15) is 122 Å². The Labute approximate surface area is 256 Å². The predicted octanol–water partition coefficient (Wildman–Crippen LogP) is 9.39. The first kappa shape index (κ1) is 38.2. The maximum atomic E-state index is 14.1. The van der Waals surface area contributed by atoms with Crippen molar-refractivity contribution in [3.05, 3.63) is 48.0 Å². The Morgan fingerprint density at radius 3 is 1.79 bits per heavy atom. The van der Waals surface area contributed by atoms with E-state index < -0.39 is 35.4 Å². The topological polar surface area (TPSA) is 61.8 Å². The van der Waals surface area contributed by atoms with Gasteiger partial charge in [-0.1, -0.05) is 126 Å². The fourth-order valence-corrected chi connectivity index (χ4v) is 4.80. The lowest BCUT2D eigenvalue weighted by Gasteiger charge is -2.32. The van der Waals surface area contributed by atoms with E-state index in [0.717, 1.165) is 52.0 Å². The lowest BCUT2D eigenvalue weighted by molar-refractivity contribution is -0.277. The second-order valence-electron chi connectivity index (χ2n) is 10.8. The van der Waals surface area contributed by atoms with Gasteiger partial charge in [-0.05, 0) is 38.0 Å². The normalized spacial score (nSPS) is 13.6. The minimum absolute atomic E-state index is 0.422. The molecule has 43 heavy (non-hydrogen) atoms. The van der Waals surface area contributed by atoms with Gasteiger partial charge in [0.05, 0.1) is 7.11 Å². The third kappa shape index (κ3) is 14.5. The highest BCUT2D eigenvalue weighted by Crippen LogP contribution is 2.43. The van der Waals surface area contributed by atoms with E-state index in [1.54, 1.807) is 0 Å². The van der Waals surface area contributed by atoms with E-state index in [1.807, 2.05) is 0 Å². The summed E-state index contributed by atoms with van der Waals surface area (Å²) in [6.07, 6.45) is 17.3. The maximum Gasteiger partial charge on any atom is 0.432 e. The van der Waals surface area contributed by atoms with Crippen molar-refractivity contribution in [2.24, 2.45) is 0 Å². The van der Waals surface area contributed by atoms with Gasteiger partial charge in [-0.2, -0.15) is 13.2 Å². The van der Waals surface area contributed by atoms with Crippen LogP contribution in [0.4, 0.5) is 13.2 Å². The number of unbranched alkanes of at least 4 members (excludes halogenated alkanes) is 15. The van der Waals surface area contributed by atoms with Gasteiger partial charge in [0.2, 0.25) is 0 Å². The van der Waals surface area contributed by atoms with Crippen molar-refractivity contribution < 1.29 is 37.0 Å². The van der Waals surface area contributed by atoms with E-state index in [0.29, 0.717) is 6.42 Å². The van der Waals surface area contributed by atoms with Crippen LogP contribution in [0.5, 0.6) is 0 Å². The summed E-state index contributed by atoms with van der Waals surface area (Å²) >= 11 is 0. The first-order valence-corrected chi connectivity index (χ1v) is 15.8. The molecule has 0 saturated carbocycles. The number of hydrogen-bond acceptors (Lipinski definition) is 5. The van der Waals surface area contributed by atoms with Crippen molar-refractivity contribution in [1.29, 1.82) is 0 Å². The predicted molar refractivity (Wildman–Crippen MR) is 164 cm³/mol. The van der Waals surface area contributed by atoms with Crippen LogP contribution in [0.3, 0.4) is 0 Å². The second-order valence-corrected chi connectivity index (χ2v) is 10.8. The molecule has 0 unspecified atom stereocenters. The van der Waals surface area contributed by atoms with Gasteiger partial charge in [0.15, 0.2) is 0 Å². The van der Waals surface area contributed by atoms with E-state index in [1.165, 1.54) is 95.2 Å². The van der Waals surface area contributed by atoms with Gasteiger partial charge < -0.3 is 14.2 Å². The summed E-state index contributed by atoms with van der Waals surface area (Å²) in [5, 5.41) is 0. The molecule has 0 fully saturated rings. The fourth-order valence-electron chi connectivity index (χ4n) is 4.80. The number of allylic oxidation sites excluding steroid dienone is 2. The summed E-state index contributed by atoms with van der Waals surface area (Å²) in [5.41, 5.74) is -3.88. The van der Waals surface area contributed by atoms with Crippen molar-refractivity contribution in [2.75, 3.05) is 14.2 Å². The molecule has 1 aromatic carbocycles. The Balaban J connectivity index is 2.34. The molecule has 0 aliphatic heterocycles. The molecular formula is C35H51F3O5. The van der Waals surface area contributed by atoms with Crippen LogP contribution in [-0.4, -0.2) is 38.4 Å². The third-order valence-electron chi connectivity index (χ3n) is 7.36. The van der Waals surface area contributed by atoms with Gasteiger partial charge in [0.1, 0.15) is 0 Å². The van der Waals surface area contributed by atoms with Gasteiger partial charge in [-0.3, -0.25) is 0 Å². The molecule has 0 bridgehead atoms. The number of halogens is 3. The SMILES string of the molecule is CCCCCC/C=C\CCCCCCCCCCCCC#C[C@@H](OC(=O)[C@](OC)(c1ccccc1)C(F)(F)F)C(=O)OC. The highest BCUT2D eigenvalue weighted by molar-refractivity contribution is 5.87. The number of benzene rings is 1. The number of hydrogen-bond donors (Lipinski definition) is 0. The molecule has 2 atom stereocenters. The largest absolute Gasteiger partial charge is 0.466 e. The first-order chi connectivity index (χ1) is 20.7. The number of rotatable bonds is 22. The van der Waals surface area contributed by atoms with Crippen LogP contribution in [-0.2, 0) is 29.4 Å². The summed E-state index contributed by atoms with van der Waals surface area (Å²) in [5.74, 6) is 2.37. The zero-order chi connectivity index (χ0) is 31.8. The molecule has 0 spiro atoms. The van der Waals surface area contributed by atoms with Crippen LogP contribution in [0, 0.1) is 11.8 Å². The summed E-state index contributed by atoms with van der Waals surface area (Å²) in [6, 6.07) is 6.40. The highest BCUT2D eigenvalue weighted by Gasteiger charge is 2.64. The molecule has 0 aliphatic rings. The summed E-state index contributed by atoms with van der Waals surface area (Å²) in [4.78, 5) is 25.0.